The Morgan fingerprint density at radius 2 is 1.69 bits per heavy atom. The number of nitrogens with one attached hydrogen (secondary N) is 2. The fourth-order valence-corrected chi connectivity index (χ4v) is 6.16. The zero-order valence-electron chi connectivity index (χ0n) is 21.7. The minimum atomic E-state index is -1.46. The molecule has 8 heteroatoms. The summed E-state index contributed by atoms with van der Waals surface area (Å²) in [6.45, 7) is 4.53. The molecule has 39 heavy (non-hydrogen) atoms. The second kappa shape index (κ2) is 9.71. The van der Waals surface area contributed by atoms with E-state index in [1.54, 1.807) is 30.3 Å². The Kier molecular flexibility index (Phi) is 6.19. The summed E-state index contributed by atoms with van der Waals surface area (Å²) in [7, 11) is 0. The lowest BCUT2D eigenvalue weighted by molar-refractivity contribution is -0.532. The van der Waals surface area contributed by atoms with Crippen molar-refractivity contribution in [2.24, 2.45) is 0 Å². The second-order valence-corrected chi connectivity index (χ2v) is 10.1. The summed E-state index contributed by atoms with van der Waals surface area (Å²) in [4.78, 5) is 25.6. The third kappa shape index (κ3) is 4.08. The summed E-state index contributed by atoms with van der Waals surface area (Å²) < 4.78 is 12.1. The Morgan fingerprint density at radius 3 is 2.49 bits per heavy atom. The number of fused-ring (bicyclic) bond motifs is 3. The first-order valence-corrected chi connectivity index (χ1v) is 13.1. The summed E-state index contributed by atoms with van der Waals surface area (Å²) in [6.07, 6.45) is 0. The first-order chi connectivity index (χ1) is 18.9. The monoisotopic (exact) mass is 523 g/mol. The van der Waals surface area contributed by atoms with Gasteiger partial charge in [0, 0.05) is 22.2 Å². The van der Waals surface area contributed by atoms with Crippen LogP contribution in [-0.2, 0) is 16.9 Å². The van der Waals surface area contributed by atoms with Gasteiger partial charge in [0.2, 0.25) is 0 Å². The molecule has 1 amide bonds. The molecule has 2 heterocycles. The van der Waals surface area contributed by atoms with Gasteiger partial charge in [-0.2, -0.15) is 0 Å². The number of anilines is 1. The number of para-hydroxylation sites is 1. The molecule has 0 aliphatic carbocycles. The summed E-state index contributed by atoms with van der Waals surface area (Å²) in [5, 5.41) is 21.1. The van der Waals surface area contributed by atoms with E-state index in [1.807, 2.05) is 44.2 Å². The fourth-order valence-electron chi connectivity index (χ4n) is 6.16. The van der Waals surface area contributed by atoms with Crippen LogP contribution in [0.5, 0.6) is 11.5 Å². The number of amides is 1. The number of carbonyl (C=O) groups is 1. The highest BCUT2D eigenvalue weighted by Gasteiger charge is 2.67. The lowest BCUT2D eigenvalue weighted by atomic mass is 9.78. The SMILES string of the molecule is CCOc1cc([C@@H]2[C@H](C)N[C@@]3(C(=O)Nc4ccccc43)[C@H]2[N+](=O)[O-])ccc1OCc1ccc2ccccc2c1. The van der Waals surface area contributed by atoms with Gasteiger partial charge >= 0.3 is 0 Å². The van der Waals surface area contributed by atoms with Gasteiger partial charge in [0.25, 0.3) is 11.9 Å². The smallest absolute Gasteiger partial charge is 0.256 e. The average molecular weight is 524 g/mol. The van der Waals surface area contributed by atoms with Crippen molar-refractivity contribution >= 4 is 22.4 Å². The van der Waals surface area contributed by atoms with Crippen LogP contribution in [0.1, 0.15) is 36.5 Å². The molecule has 4 aromatic rings. The zero-order chi connectivity index (χ0) is 27.1. The van der Waals surface area contributed by atoms with E-state index in [-0.39, 0.29) is 11.0 Å². The average Bonchev–Trinajstić information content (AvgIpc) is 3.41. The quantitative estimate of drug-likeness (QED) is 0.249. The molecule has 4 atom stereocenters. The van der Waals surface area contributed by atoms with Crippen LogP contribution in [0.25, 0.3) is 10.8 Å². The molecule has 6 rings (SSSR count). The van der Waals surface area contributed by atoms with E-state index < -0.39 is 23.4 Å². The van der Waals surface area contributed by atoms with Crippen LogP contribution in [0, 0.1) is 10.1 Å². The van der Waals surface area contributed by atoms with Crippen molar-refractivity contribution in [3.8, 4) is 11.5 Å². The largest absolute Gasteiger partial charge is 0.490 e. The van der Waals surface area contributed by atoms with Crippen molar-refractivity contribution in [3.05, 3.63) is 112 Å². The molecule has 0 aromatic heterocycles. The van der Waals surface area contributed by atoms with Crippen LogP contribution < -0.4 is 20.1 Å². The minimum Gasteiger partial charge on any atom is -0.490 e. The van der Waals surface area contributed by atoms with E-state index in [2.05, 4.69) is 34.9 Å². The Bertz CT molecular complexity index is 1590. The molecule has 2 aliphatic heterocycles. The first kappa shape index (κ1) is 24.9. The van der Waals surface area contributed by atoms with E-state index in [0.29, 0.717) is 41.5 Å². The molecule has 2 N–H and O–H groups in total. The third-order valence-corrected chi connectivity index (χ3v) is 7.82. The number of hydrogen-bond donors (Lipinski definition) is 2. The fraction of sp³-hybridized carbons (Fsp3) is 0.258. The van der Waals surface area contributed by atoms with E-state index in [1.165, 1.54) is 0 Å². The van der Waals surface area contributed by atoms with Crippen LogP contribution in [0.3, 0.4) is 0 Å². The Morgan fingerprint density at radius 1 is 0.923 bits per heavy atom. The number of hydrogen-bond acceptors (Lipinski definition) is 6. The van der Waals surface area contributed by atoms with Gasteiger partial charge in [0.1, 0.15) is 6.61 Å². The number of carbonyl (C=O) groups excluding carboxylic acids is 1. The van der Waals surface area contributed by atoms with Gasteiger partial charge < -0.3 is 14.8 Å². The number of ether oxygens (including phenoxy) is 2. The molecular formula is C31H29N3O5. The van der Waals surface area contributed by atoms with Gasteiger partial charge in [0.15, 0.2) is 17.0 Å². The molecule has 0 radical (unpaired) electrons. The van der Waals surface area contributed by atoms with E-state index in [4.69, 9.17) is 9.47 Å². The Hall–Kier alpha value is -4.43. The predicted molar refractivity (Wildman–Crippen MR) is 149 cm³/mol. The van der Waals surface area contributed by atoms with Gasteiger partial charge in [-0.1, -0.05) is 60.7 Å². The number of benzene rings is 4. The van der Waals surface area contributed by atoms with Crippen molar-refractivity contribution in [1.82, 2.24) is 5.32 Å². The van der Waals surface area contributed by atoms with E-state index in [9.17, 15) is 14.9 Å². The molecule has 0 unspecified atom stereocenters. The summed E-state index contributed by atoms with van der Waals surface area (Å²) in [6, 6.07) is 25.4. The molecular weight excluding hydrogens is 494 g/mol. The van der Waals surface area contributed by atoms with Crippen LogP contribution in [0.15, 0.2) is 84.9 Å². The normalized spacial score (nSPS) is 23.5. The maximum absolute atomic E-state index is 13.3. The zero-order valence-corrected chi connectivity index (χ0v) is 21.7. The maximum Gasteiger partial charge on any atom is 0.256 e. The van der Waals surface area contributed by atoms with Gasteiger partial charge in [-0.15, -0.1) is 0 Å². The van der Waals surface area contributed by atoms with Crippen LogP contribution in [-0.4, -0.2) is 29.5 Å². The number of nitrogens with zero attached hydrogens (tertiary/aromatic N) is 1. The lowest BCUT2D eigenvalue weighted by Gasteiger charge is -2.25. The van der Waals surface area contributed by atoms with E-state index >= 15 is 0 Å². The molecule has 1 fully saturated rings. The number of rotatable bonds is 7. The molecule has 0 bridgehead atoms. The second-order valence-electron chi connectivity index (χ2n) is 10.1. The Labute approximate surface area is 226 Å². The highest BCUT2D eigenvalue weighted by Crippen LogP contribution is 2.50. The van der Waals surface area contributed by atoms with Crippen LogP contribution >= 0.6 is 0 Å². The topological polar surface area (TPSA) is 103 Å². The predicted octanol–water partition coefficient (Wildman–Crippen LogP) is 5.39. The van der Waals surface area contributed by atoms with Gasteiger partial charge in [-0.3, -0.25) is 20.2 Å². The first-order valence-electron chi connectivity index (χ1n) is 13.1. The van der Waals surface area contributed by atoms with Crippen molar-refractivity contribution in [2.75, 3.05) is 11.9 Å². The summed E-state index contributed by atoms with van der Waals surface area (Å²) in [5.41, 5.74) is 1.48. The van der Waals surface area contributed by atoms with Crippen molar-refractivity contribution in [1.29, 1.82) is 0 Å². The van der Waals surface area contributed by atoms with E-state index in [0.717, 1.165) is 16.3 Å². The molecule has 0 saturated carbocycles. The molecule has 1 spiro atoms. The van der Waals surface area contributed by atoms with Crippen molar-refractivity contribution < 1.29 is 19.2 Å². The molecule has 2 aliphatic rings. The standard InChI is InChI=1S/C31H29N3O5/c1-3-38-27-17-23(14-15-26(27)39-18-20-12-13-21-8-4-5-9-22(21)16-20)28-19(2)33-31(29(28)34(36)37)24-10-6-7-11-25(24)32-30(31)35/h4-17,19,28-29,33H,3,18H2,1-2H3,(H,32,35)/t19-,28-,29-,31+/m0/s1. The van der Waals surface area contributed by atoms with Crippen molar-refractivity contribution in [3.63, 3.8) is 0 Å². The maximum atomic E-state index is 13.3. The summed E-state index contributed by atoms with van der Waals surface area (Å²) >= 11 is 0. The van der Waals surface area contributed by atoms with Gasteiger partial charge in [0.05, 0.1) is 12.5 Å². The molecule has 1 saturated heterocycles. The highest BCUT2D eigenvalue weighted by atomic mass is 16.6. The lowest BCUT2D eigenvalue weighted by Crippen LogP contribution is -2.54. The summed E-state index contributed by atoms with van der Waals surface area (Å²) in [5.74, 6) is 0.0942. The van der Waals surface area contributed by atoms with Crippen LogP contribution in [0.4, 0.5) is 5.69 Å². The molecule has 198 valence electrons. The number of nitro groups is 1. The van der Waals surface area contributed by atoms with Gasteiger partial charge in [-0.05, 0) is 60.0 Å². The molecule has 8 nitrogen and oxygen atoms in total. The highest BCUT2D eigenvalue weighted by molar-refractivity contribution is 6.07. The van der Waals surface area contributed by atoms with Crippen LogP contribution in [0.2, 0.25) is 0 Å². The third-order valence-electron chi connectivity index (χ3n) is 7.82. The van der Waals surface area contributed by atoms with Gasteiger partial charge in [-0.25, -0.2) is 0 Å². The molecule has 4 aromatic carbocycles. The minimum absolute atomic E-state index is 0.326. The Balaban J connectivity index is 1.32. The van der Waals surface area contributed by atoms with Crippen molar-refractivity contribution in [2.45, 2.75) is 44.0 Å².